The van der Waals surface area contributed by atoms with Crippen molar-refractivity contribution in [3.05, 3.63) is 22.6 Å². The van der Waals surface area contributed by atoms with Gasteiger partial charge in [-0.3, -0.25) is 4.79 Å². The van der Waals surface area contributed by atoms with Gasteiger partial charge in [0.15, 0.2) is 5.75 Å². The quantitative estimate of drug-likeness (QED) is 0.702. The van der Waals surface area contributed by atoms with Crippen molar-refractivity contribution in [2.75, 3.05) is 0 Å². The van der Waals surface area contributed by atoms with E-state index in [-0.39, 0.29) is 0 Å². The van der Waals surface area contributed by atoms with Crippen molar-refractivity contribution in [3.63, 3.8) is 0 Å². The number of aromatic hydroxyl groups is 1. The third-order valence-electron chi connectivity index (χ3n) is 1.12. The number of nitrogens with one attached hydrogen (secondary N) is 1. The Morgan fingerprint density at radius 2 is 2.08 bits per heavy atom. The zero-order chi connectivity index (χ0) is 10.1. The molecule has 0 aliphatic heterocycles. The van der Waals surface area contributed by atoms with Crippen LogP contribution in [0.5, 0.6) is 11.5 Å². The molecule has 0 fully saturated rings. The van der Waals surface area contributed by atoms with Gasteiger partial charge in [0.25, 0.3) is 5.56 Å². The predicted octanol–water partition coefficient (Wildman–Crippen LogP) is 0.979. The van der Waals surface area contributed by atoms with E-state index < -0.39 is 23.4 Å². The Kier molecular flexibility index (Phi) is 2.18. The fourth-order valence-corrected chi connectivity index (χ4v) is 0.659. The number of alkyl halides is 3. The fourth-order valence-electron chi connectivity index (χ4n) is 0.659. The van der Waals surface area contributed by atoms with Crippen LogP contribution in [0.2, 0.25) is 0 Å². The average molecular weight is 195 g/mol. The molecule has 0 aliphatic carbocycles. The molecule has 13 heavy (non-hydrogen) atoms. The van der Waals surface area contributed by atoms with E-state index in [2.05, 4.69) is 4.74 Å². The number of halogens is 3. The summed E-state index contributed by atoms with van der Waals surface area (Å²) in [6.45, 7) is 0. The van der Waals surface area contributed by atoms with Crippen LogP contribution >= 0.6 is 0 Å². The molecule has 0 saturated heterocycles. The molecule has 0 amide bonds. The lowest BCUT2D eigenvalue weighted by atomic mass is 10.4. The number of H-pyrrole nitrogens is 1. The van der Waals surface area contributed by atoms with Crippen LogP contribution in [0.3, 0.4) is 0 Å². The van der Waals surface area contributed by atoms with Crippen LogP contribution in [-0.4, -0.2) is 16.5 Å². The van der Waals surface area contributed by atoms with Gasteiger partial charge in [0.2, 0.25) is 5.75 Å². The summed E-state index contributed by atoms with van der Waals surface area (Å²) >= 11 is 0. The molecule has 7 heteroatoms. The number of aromatic amines is 1. The molecule has 0 radical (unpaired) electrons. The lowest BCUT2D eigenvalue weighted by molar-refractivity contribution is -0.275. The summed E-state index contributed by atoms with van der Waals surface area (Å²) < 4.78 is 38.2. The van der Waals surface area contributed by atoms with Crippen molar-refractivity contribution in [1.82, 2.24) is 4.98 Å². The minimum absolute atomic E-state index is 0.796. The summed E-state index contributed by atoms with van der Waals surface area (Å²) in [5, 5.41) is 8.79. The molecule has 0 atom stereocenters. The SMILES string of the molecule is O=c1[nH]ccc(OC(F)(F)F)c1O. The second-order valence-corrected chi connectivity index (χ2v) is 2.07. The highest BCUT2D eigenvalue weighted by Crippen LogP contribution is 2.27. The molecule has 0 aliphatic rings. The molecule has 1 rings (SSSR count). The Balaban J connectivity index is 3.03. The second-order valence-electron chi connectivity index (χ2n) is 2.07. The number of hydrogen-bond donors (Lipinski definition) is 2. The minimum Gasteiger partial charge on any atom is -0.500 e. The Labute approximate surface area is 69.6 Å². The van der Waals surface area contributed by atoms with Crippen LogP contribution in [0.15, 0.2) is 17.1 Å². The number of rotatable bonds is 1. The first kappa shape index (κ1) is 9.43. The molecule has 0 spiro atoms. The van der Waals surface area contributed by atoms with Gasteiger partial charge in [0.1, 0.15) is 0 Å². The highest BCUT2D eigenvalue weighted by Gasteiger charge is 2.32. The maximum atomic E-state index is 11.6. The minimum atomic E-state index is -4.93. The topological polar surface area (TPSA) is 62.3 Å². The van der Waals surface area contributed by atoms with Gasteiger partial charge < -0.3 is 14.8 Å². The Morgan fingerprint density at radius 3 is 2.62 bits per heavy atom. The molecular weight excluding hydrogens is 191 g/mol. The first-order valence-corrected chi connectivity index (χ1v) is 3.06. The van der Waals surface area contributed by atoms with E-state index in [4.69, 9.17) is 5.11 Å². The van der Waals surface area contributed by atoms with E-state index in [1.807, 2.05) is 4.98 Å². The summed E-state index contributed by atoms with van der Waals surface area (Å²) in [6, 6.07) is 0.796. The molecular formula is C6H4F3NO3. The molecule has 1 heterocycles. The Hall–Kier alpha value is -1.66. The predicted molar refractivity (Wildman–Crippen MR) is 35.4 cm³/mol. The molecule has 72 valence electrons. The zero-order valence-electron chi connectivity index (χ0n) is 6.05. The van der Waals surface area contributed by atoms with E-state index in [0.29, 0.717) is 0 Å². The van der Waals surface area contributed by atoms with E-state index >= 15 is 0 Å². The monoisotopic (exact) mass is 195 g/mol. The van der Waals surface area contributed by atoms with Gasteiger partial charge in [0, 0.05) is 12.3 Å². The molecule has 0 aromatic carbocycles. The summed E-state index contributed by atoms with van der Waals surface area (Å²) in [5.74, 6) is -2.02. The van der Waals surface area contributed by atoms with Crippen LogP contribution in [0, 0.1) is 0 Å². The van der Waals surface area contributed by atoms with Crippen molar-refractivity contribution >= 4 is 0 Å². The van der Waals surface area contributed by atoms with Crippen LogP contribution in [0.4, 0.5) is 13.2 Å². The van der Waals surface area contributed by atoms with Crippen molar-refractivity contribution in [2.24, 2.45) is 0 Å². The number of pyridine rings is 1. The normalized spacial score (nSPS) is 11.3. The van der Waals surface area contributed by atoms with Crippen molar-refractivity contribution in [1.29, 1.82) is 0 Å². The highest BCUT2D eigenvalue weighted by molar-refractivity contribution is 5.34. The van der Waals surface area contributed by atoms with E-state index in [0.717, 1.165) is 12.3 Å². The van der Waals surface area contributed by atoms with Crippen LogP contribution in [0.25, 0.3) is 0 Å². The van der Waals surface area contributed by atoms with Crippen LogP contribution in [0.1, 0.15) is 0 Å². The summed E-state index contributed by atoms with van der Waals surface area (Å²) in [5.41, 5.74) is -1.04. The van der Waals surface area contributed by atoms with E-state index in [1.54, 1.807) is 0 Å². The smallest absolute Gasteiger partial charge is 0.500 e. The van der Waals surface area contributed by atoms with Gasteiger partial charge >= 0.3 is 6.36 Å². The van der Waals surface area contributed by atoms with Gasteiger partial charge in [-0.2, -0.15) is 0 Å². The fraction of sp³-hybridized carbons (Fsp3) is 0.167. The van der Waals surface area contributed by atoms with Crippen molar-refractivity contribution in [2.45, 2.75) is 6.36 Å². The lowest BCUT2D eigenvalue weighted by Crippen LogP contribution is -2.18. The standard InChI is InChI=1S/C6H4F3NO3/c7-6(8,9)13-3-1-2-10-5(12)4(3)11/h1-2,11H,(H,10,12). The number of hydrogen-bond acceptors (Lipinski definition) is 3. The van der Waals surface area contributed by atoms with Crippen molar-refractivity contribution < 1.29 is 23.0 Å². The van der Waals surface area contributed by atoms with E-state index in [9.17, 15) is 18.0 Å². The van der Waals surface area contributed by atoms with E-state index in [1.165, 1.54) is 0 Å². The molecule has 1 aromatic rings. The van der Waals surface area contributed by atoms with Gasteiger partial charge in [-0.1, -0.05) is 0 Å². The molecule has 0 bridgehead atoms. The number of aromatic nitrogens is 1. The van der Waals surface area contributed by atoms with Gasteiger partial charge in [0.05, 0.1) is 0 Å². The maximum absolute atomic E-state index is 11.6. The maximum Gasteiger partial charge on any atom is 0.573 e. The number of ether oxygens (including phenoxy) is 1. The summed E-state index contributed by atoms with van der Waals surface area (Å²) in [6.07, 6.45) is -3.99. The van der Waals surface area contributed by atoms with Crippen molar-refractivity contribution in [3.8, 4) is 11.5 Å². The molecule has 1 aromatic heterocycles. The Bertz CT molecular complexity index is 357. The lowest BCUT2D eigenvalue weighted by Gasteiger charge is -2.08. The van der Waals surface area contributed by atoms with Crippen LogP contribution in [-0.2, 0) is 0 Å². The van der Waals surface area contributed by atoms with Gasteiger partial charge in [-0.25, -0.2) is 0 Å². The first-order valence-electron chi connectivity index (χ1n) is 3.06. The average Bonchev–Trinajstić information content (AvgIpc) is 1.96. The zero-order valence-corrected chi connectivity index (χ0v) is 6.05. The van der Waals surface area contributed by atoms with Gasteiger partial charge in [-0.05, 0) is 0 Å². The molecule has 0 unspecified atom stereocenters. The summed E-state index contributed by atoms with van der Waals surface area (Å²) in [4.78, 5) is 12.5. The Morgan fingerprint density at radius 1 is 1.46 bits per heavy atom. The highest BCUT2D eigenvalue weighted by atomic mass is 19.4. The third kappa shape index (κ3) is 2.39. The molecule has 4 nitrogen and oxygen atoms in total. The largest absolute Gasteiger partial charge is 0.573 e. The summed E-state index contributed by atoms with van der Waals surface area (Å²) in [7, 11) is 0. The molecule has 0 saturated carbocycles. The van der Waals surface area contributed by atoms with Gasteiger partial charge in [-0.15, -0.1) is 13.2 Å². The molecule has 2 N–H and O–H groups in total. The third-order valence-corrected chi connectivity index (χ3v) is 1.12. The van der Waals surface area contributed by atoms with Crippen LogP contribution < -0.4 is 10.3 Å². The second kappa shape index (κ2) is 3.00. The first-order chi connectivity index (χ1) is 5.90.